The maximum atomic E-state index is 13.9. The third-order valence-corrected chi connectivity index (χ3v) is 2.44. The van der Waals surface area contributed by atoms with E-state index in [2.05, 4.69) is 0 Å². The second kappa shape index (κ2) is 6.73. The van der Waals surface area contributed by atoms with Gasteiger partial charge in [0.1, 0.15) is 35.7 Å². The second-order valence-electron chi connectivity index (χ2n) is 3.70. The van der Waals surface area contributed by atoms with Gasteiger partial charge in [0.25, 0.3) is 0 Å². The van der Waals surface area contributed by atoms with Crippen molar-refractivity contribution in [1.29, 1.82) is 21.0 Å². The van der Waals surface area contributed by atoms with E-state index in [1.165, 1.54) is 12.1 Å². The number of hydrogen-bond acceptors (Lipinski definition) is 4. The van der Waals surface area contributed by atoms with Crippen LogP contribution in [-0.2, 0) is 0 Å². The molecule has 4 nitrogen and oxygen atoms in total. The van der Waals surface area contributed by atoms with Crippen LogP contribution in [0.25, 0.3) is 0 Å². The number of allylic oxidation sites excluding steroid dienone is 7. The Kier molecular flexibility index (Phi) is 5.04. The summed E-state index contributed by atoms with van der Waals surface area (Å²) in [6.07, 6.45) is -1.13. The summed E-state index contributed by atoms with van der Waals surface area (Å²) in [5.41, 5.74) is -2.48. The first-order valence-electron chi connectivity index (χ1n) is 5.36. The minimum Gasteiger partial charge on any atom is -0.208 e. The first-order chi connectivity index (χ1) is 10.4. The molecule has 106 valence electrons. The topological polar surface area (TPSA) is 95.2 Å². The Morgan fingerprint density at radius 2 is 1.32 bits per heavy atom. The summed E-state index contributed by atoms with van der Waals surface area (Å²) < 4.78 is 55.2. The molecule has 22 heavy (non-hydrogen) atoms. The smallest absolute Gasteiger partial charge is 0.172 e. The predicted molar refractivity (Wildman–Crippen MR) is 63.1 cm³/mol. The van der Waals surface area contributed by atoms with Gasteiger partial charge in [0, 0.05) is 12.0 Å². The lowest BCUT2D eigenvalue weighted by atomic mass is 10.1. The fraction of sp³-hybridized carbons (Fsp3) is 0.0714. The Morgan fingerprint density at radius 1 is 0.773 bits per heavy atom. The maximum Gasteiger partial charge on any atom is 0.172 e. The van der Waals surface area contributed by atoms with E-state index in [9.17, 15) is 17.6 Å². The average Bonchev–Trinajstić information content (AvgIpc) is 2.60. The number of nitriles is 4. The quantitative estimate of drug-likeness (QED) is 0.388. The minimum absolute atomic E-state index is 0.778. The molecule has 0 radical (unpaired) electrons. The van der Waals surface area contributed by atoms with Crippen LogP contribution in [-0.4, -0.2) is 0 Å². The normalized spacial score (nSPS) is 14.2. The number of hydrogen-bond donors (Lipinski definition) is 0. The molecule has 0 saturated heterocycles. The summed E-state index contributed by atoms with van der Waals surface area (Å²) in [5, 5.41) is 34.2. The standard InChI is InChI=1S/C14H2F4N4/c15-10-2-8(1-7(3-19)4-20)12(16)14(18)11(13(10)17)9(5-21)6-22/h2H2. The lowest BCUT2D eigenvalue weighted by molar-refractivity contribution is 0.525. The van der Waals surface area contributed by atoms with Crippen LogP contribution >= 0.6 is 0 Å². The first kappa shape index (κ1) is 16.5. The van der Waals surface area contributed by atoms with Crippen LogP contribution in [0.5, 0.6) is 0 Å². The van der Waals surface area contributed by atoms with Crippen LogP contribution in [0.4, 0.5) is 17.6 Å². The van der Waals surface area contributed by atoms with E-state index in [1.54, 1.807) is 0 Å². The third-order valence-electron chi connectivity index (χ3n) is 2.44. The van der Waals surface area contributed by atoms with E-state index in [1.807, 2.05) is 5.73 Å². The lowest BCUT2D eigenvalue weighted by Gasteiger charge is -2.01. The van der Waals surface area contributed by atoms with Gasteiger partial charge in [-0.25, -0.2) is 17.6 Å². The van der Waals surface area contributed by atoms with Gasteiger partial charge in [-0.3, -0.25) is 0 Å². The van der Waals surface area contributed by atoms with Gasteiger partial charge < -0.3 is 0 Å². The molecule has 0 aromatic carbocycles. The Balaban J connectivity index is 3.92. The van der Waals surface area contributed by atoms with Crippen LogP contribution in [0.15, 0.2) is 51.3 Å². The van der Waals surface area contributed by atoms with Gasteiger partial charge in [0.05, 0.1) is 5.57 Å². The van der Waals surface area contributed by atoms with Crippen molar-refractivity contribution in [3.8, 4) is 24.3 Å². The summed E-state index contributed by atoms with van der Waals surface area (Å²) in [5.74, 6) is -7.37. The Hall–Kier alpha value is -3.58. The molecule has 8 heteroatoms. The van der Waals surface area contributed by atoms with Crippen molar-refractivity contribution in [3.63, 3.8) is 0 Å². The van der Waals surface area contributed by atoms with Crippen LogP contribution in [0.3, 0.4) is 0 Å². The van der Waals surface area contributed by atoms with E-state index < -0.39 is 52.0 Å². The molecule has 0 bridgehead atoms. The monoisotopic (exact) mass is 302 g/mol. The van der Waals surface area contributed by atoms with Gasteiger partial charge in [0.2, 0.25) is 0 Å². The van der Waals surface area contributed by atoms with Crippen molar-refractivity contribution >= 4 is 0 Å². The maximum absolute atomic E-state index is 13.9. The summed E-state index contributed by atoms with van der Waals surface area (Å²) in [4.78, 5) is 0. The Bertz CT molecular complexity index is 838. The van der Waals surface area contributed by atoms with Gasteiger partial charge in [0.15, 0.2) is 23.1 Å². The summed E-state index contributed by atoms with van der Waals surface area (Å²) in [7, 11) is 0. The van der Waals surface area contributed by atoms with Crippen LogP contribution in [0.2, 0.25) is 0 Å². The molecule has 0 aromatic heterocycles. The highest BCUT2D eigenvalue weighted by Gasteiger charge is 2.30. The van der Waals surface area contributed by atoms with E-state index in [0.29, 0.717) is 0 Å². The average molecular weight is 302 g/mol. The molecular formula is C14H2F4N4. The molecule has 0 spiro atoms. The Morgan fingerprint density at radius 3 is 1.77 bits per heavy atom. The predicted octanol–water partition coefficient (Wildman–Crippen LogP) is 3.53. The second-order valence-corrected chi connectivity index (χ2v) is 3.70. The van der Waals surface area contributed by atoms with Crippen molar-refractivity contribution in [1.82, 2.24) is 0 Å². The zero-order valence-corrected chi connectivity index (χ0v) is 10.5. The van der Waals surface area contributed by atoms with Gasteiger partial charge in [-0.05, 0) is 0 Å². The highest BCUT2D eigenvalue weighted by Crippen LogP contribution is 2.39. The zero-order chi connectivity index (χ0) is 16.9. The van der Waals surface area contributed by atoms with Crippen molar-refractivity contribution in [2.45, 2.75) is 6.42 Å². The van der Waals surface area contributed by atoms with Crippen LogP contribution in [0.1, 0.15) is 6.42 Å². The number of rotatable bonds is 0. The number of halogens is 4. The van der Waals surface area contributed by atoms with Crippen LogP contribution in [0, 0.1) is 45.3 Å². The Labute approximate surface area is 121 Å². The van der Waals surface area contributed by atoms with Gasteiger partial charge >= 0.3 is 0 Å². The molecule has 0 aromatic rings. The van der Waals surface area contributed by atoms with Crippen molar-refractivity contribution in [2.75, 3.05) is 0 Å². The van der Waals surface area contributed by atoms with E-state index >= 15 is 0 Å². The van der Waals surface area contributed by atoms with E-state index in [4.69, 9.17) is 21.0 Å². The van der Waals surface area contributed by atoms with Crippen molar-refractivity contribution in [2.24, 2.45) is 0 Å². The molecule has 1 aliphatic carbocycles. The van der Waals surface area contributed by atoms with Crippen molar-refractivity contribution in [3.05, 3.63) is 51.3 Å². The molecule has 0 aliphatic heterocycles. The highest BCUT2D eigenvalue weighted by atomic mass is 19.2. The lowest BCUT2D eigenvalue weighted by Crippen LogP contribution is -1.93. The molecule has 0 unspecified atom stereocenters. The molecule has 0 fully saturated rings. The van der Waals surface area contributed by atoms with Crippen molar-refractivity contribution < 1.29 is 17.6 Å². The molecule has 1 rings (SSSR count). The molecule has 0 amide bonds. The van der Waals surface area contributed by atoms with Crippen LogP contribution < -0.4 is 0 Å². The van der Waals surface area contributed by atoms with E-state index in [-0.39, 0.29) is 0 Å². The number of nitrogens with zero attached hydrogens (tertiary/aromatic N) is 4. The molecular weight excluding hydrogens is 300 g/mol. The summed E-state index contributed by atoms with van der Waals surface area (Å²) in [6, 6.07) is 4.85. The van der Waals surface area contributed by atoms with Gasteiger partial charge in [-0.15, -0.1) is 0 Å². The minimum atomic E-state index is -1.99. The largest absolute Gasteiger partial charge is 0.208 e. The zero-order valence-electron chi connectivity index (χ0n) is 10.5. The summed E-state index contributed by atoms with van der Waals surface area (Å²) in [6.45, 7) is 0. The molecule has 0 N–H and O–H groups in total. The van der Waals surface area contributed by atoms with Gasteiger partial charge in [-0.1, -0.05) is 5.73 Å². The fourth-order valence-electron chi connectivity index (χ4n) is 1.47. The van der Waals surface area contributed by atoms with E-state index in [0.717, 1.165) is 12.1 Å². The SMILES string of the molecule is N#CC(=C=C1CC(F)=C(F)C(=C(C#N)C#N)C(F)=C1F)C#N. The molecule has 0 atom stereocenters. The molecule has 1 aliphatic rings. The third kappa shape index (κ3) is 2.94. The van der Waals surface area contributed by atoms with Gasteiger partial charge in [-0.2, -0.15) is 21.0 Å². The summed E-state index contributed by atoms with van der Waals surface area (Å²) >= 11 is 0. The fourth-order valence-corrected chi connectivity index (χ4v) is 1.47. The first-order valence-corrected chi connectivity index (χ1v) is 5.36. The molecule has 0 saturated carbocycles. The highest BCUT2D eigenvalue weighted by molar-refractivity contribution is 5.59. The molecule has 0 heterocycles.